The van der Waals surface area contributed by atoms with Crippen LogP contribution in [0, 0.1) is 13.8 Å². The molecule has 0 spiro atoms. The molecule has 0 bridgehead atoms. The van der Waals surface area contributed by atoms with Crippen molar-refractivity contribution in [3.05, 3.63) is 70.8 Å². The molecule has 0 aliphatic rings. The third-order valence-corrected chi connectivity index (χ3v) is 3.33. The number of carbonyl (C=O) groups is 1. The van der Waals surface area contributed by atoms with Crippen molar-refractivity contribution < 1.29 is 4.79 Å². The summed E-state index contributed by atoms with van der Waals surface area (Å²) in [7, 11) is 0. The van der Waals surface area contributed by atoms with Crippen molar-refractivity contribution in [3.8, 4) is 0 Å². The van der Waals surface area contributed by atoms with Crippen LogP contribution in [0.15, 0.2) is 53.6 Å². The molecule has 0 saturated carbocycles. The van der Waals surface area contributed by atoms with Crippen molar-refractivity contribution in [2.75, 3.05) is 0 Å². The third kappa shape index (κ3) is 4.28. The maximum atomic E-state index is 11.9. The summed E-state index contributed by atoms with van der Waals surface area (Å²) in [5.74, 6) is -0.106. The van der Waals surface area contributed by atoms with E-state index in [1.54, 1.807) is 0 Å². The van der Waals surface area contributed by atoms with Gasteiger partial charge in [-0.1, -0.05) is 54.1 Å². The van der Waals surface area contributed by atoms with Crippen LogP contribution in [0.5, 0.6) is 0 Å². The fraction of sp³-hybridized carbons (Fsp3) is 0.222. The highest BCUT2D eigenvalue weighted by Crippen LogP contribution is 2.11. The lowest BCUT2D eigenvalue weighted by Crippen LogP contribution is -2.21. The molecule has 0 aliphatic heterocycles. The van der Waals surface area contributed by atoms with Gasteiger partial charge in [-0.15, -0.1) is 0 Å². The lowest BCUT2D eigenvalue weighted by molar-refractivity contribution is -0.120. The zero-order chi connectivity index (χ0) is 15.2. The van der Waals surface area contributed by atoms with E-state index >= 15 is 0 Å². The van der Waals surface area contributed by atoms with Crippen molar-refractivity contribution in [1.82, 2.24) is 5.43 Å². The number of hydrogen-bond acceptors (Lipinski definition) is 2. The van der Waals surface area contributed by atoms with Crippen molar-refractivity contribution in [3.63, 3.8) is 0 Å². The van der Waals surface area contributed by atoms with Crippen LogP contribution < -0.4 is 5.43 Å². The smallest absolute Gasteiger partial charge is 0.244 e. The molecular weight excluding hydrogens is 260 g/mol. The van der Waals surface area contributed by atoms with Gasteiger partial charge in [-0.2, -0.15) is 5.10 Å². The van der Waals surface area contributed by atoms with Gasteiger partial charge in [-0.25, -0.2) is 5.43 Å². The number of rotatable bonds is 4. The zero-order valence-corrected chi connectivity index (χ0v) is 12.7. The molecule has 0 unspecified atom stereocenters. The largest absolute Gasteiger partial charge is 0.273 e. The van der Waals surface area contributed by atoms with E-state index in [9.17, 15) is 4.79 Å². The topological polar surface area (TPSA) is 41.5 Å². The third-order valence-electron chi connectivity index (χ3n) is 3.33. The number of carbonyl (C=O) groups excluding carboxylic acids is 1. The van der Waals surface area contributed by atoms with Gasteiger partial charge in [0.1, 0.15) is 0 Å². The Balaban J connectivity index is 2.01. The SMILES string of the molecule is CC(=NNC(=O)Cc1ccccc1)c1ccc(C)cc1C. The minimum Gasteiger partial charge on any atom is -0.273 e. The molecule has 0 aromatic heterocycles. The molecule has 0 fully saturated rings. The molecule has 2 aromatic rings. The minimum atomic E-state index is -0.106. The maximum Gasteiger partial charge on any atom is 0.244 e. The Morgan fingerprint density at radius 2 is 1.81 bits per heavy atom. The molecule has 0 saturated heterocycles. The molecule has 3 heteroatoms. The fourth-order valence-electron chi connectivity index (χ4n) is 2.25. The van der Waals surface area contributed by atoms with Gasteiger partial charge in [0, 0.05) is 5.56 Å². The summed E-state index contributed by atoms with van der Waals surface area (Å²) < 4.78 is 0. The Morgan fingerprint density at radius 1 is 1.10 bits per heavy atom. The molecule has 1 amide bonds. The molecule has 21 heavy (non-hydrogen) atoms. The lowest BCUT2D eigenvalue weighted by atomic mass is 10.0. The Hall–Kier alpha value is -2.42. The van der Waals surface area contributed by atoms with E-state index in [2.05, 4.69) is 23.5 Å². The van der Waals surface area contributed by atoms with Gasteiger partial charge in [-0.3, -0.25) is 4.79 Å². The van der Waals surface area contributed by atoms with Gasteiger partial charge in [-0.05, 0) is 31.9 Å². The first-order valence-electron chi connectivity index (χ1n) is 7.01. The van der Waals surface area contributed by atoms with Crippen molar-refractivity contribution in [1.29, 1.82) is 0 Å². The van der Waals surface area contributed by atoms with E-state index in [1.807, 2.05) is 56.3 Å². The Labute approximate surface area is 125 Å². The average molecular weight is 280 g/mol. The predicted molar refractivity (Wildman–Crippen MR) is 86.4 cm³/mol. The van der Waals surface area contributed by atoms with Gasteiger partial charge in [0.2, 0.25) is 5.91 Å². The molecular formula is C18H20N2O. The number of aryl methyl sites for hydroxylation is 2. The number of nitrogens with one attached hydrogen (secondary N) is 1. The summed E-state index contributed by atoms with van der Waals surface area (Å²) in [4.78, 5) is 11.9. The predicted octanol–water partition coefficient (Wildman–Crippen LogP) is 3.39. The molecule has 3 nitrogen and oxygen atoms in total. The van der Waals surface area contributed by atoms with Crippen LogP contribution in [0.25, 0.3) is 0 Å². The van der Waals surface area contributed by atoms with Gasteiger partial charge in [0.15, 0.2) is 0 Å². The normalized spacial score (nSPS) is 11.3. The van der Waals surface area contributed by atoms with Crippen LogP contribution in [-0.2, 0) is 11.2 Å². The standard InChI is InChI=1S/C18H20N2O/c1-13-9-10-17(14(2)11-13)15(3)19-20-18(21)12-16-7-5-4-6-8-16/h4-11H,12H2,1-3H3,(H,20,21). The van der Waals surface area contributed by atoms with E-state index in [-0.39, 0.29) is 5.91 Å². The first-order valence-corrected chi connectivity index (χ1v) is 7.01. The van der Waals surface area contributed by atoms with E-state index < -0.39 is 0 Å². The molecule has 108 valence electrons. The quantitative estimate of drug-likeness (QED) is 0.677. The fourth-order valence-corrected chi connectivity index (χ4v) is 2.25. The van der Waals surface area contributed by atoms with E-state index in [0.717, 1.165) is 22.4 Å². The molecule has 0 radical (unpaired) electrons. The molecule has 0 atom stereocenters. The van der Waals surface area contributed by atoms with E-state index in [4.69, 9.17) is 0 Å². The molecule has 0 heterocycles. The minimum absolute atomic E-state index is 0.106. The molecule has 0 aliphatic carbocycles. The molecule has 1 N–H and O–H groups in total. The van der Waals surface area contributed by atoms with Crippen LogP contribution in [-0.4, -0.2) is 11.6 Å². The average Bonchev–Trinajstić information content (AvgIpc) is 2.46. The number of benzene rings is 2. The van der Waals surface area contributed by atoms with Gasteiger partial charge < -0.3 is 0 Å². The summed E-state index contributed by atoms with van der Waals surface area (Å²) >= 11 is 0. The lowest BCUT2D eigenvalue weighted by Gasteiger charge is -2.07. The monoisotopic (exact) mass is 280 g/mol. The van der Waals surface area contributed by atoms with Gasteiger partial charge >= 0.3 is 0 Å². The van der Waals surface area contributed by atoms with Crippen LogP contribution in [0.4, 0.5) is 0 Å². The summed E-state index contributed by atoms with van der Waals surface area (Å²) in [6.07, 6.45) is 0.338. The zero-order valence-electron chi connectivity index (χ0n) is 12.7. The number of hydrazone groups is 1. The van der Waals surface area contributed by atoms with E-state index in [0.29, 0.717) is 6.42 Å². The summed E-state index contributed by atoms with van der Waals surface area (Å²) in [6.45, 7) is 6.01. The van der Waals surface area contributed by atoms with Crippen LogP contribution in [0.3, 0.4) is 0 Å². The summed E-state index contributed by atoms with van der Waals surface area (Å²) in [5, 5.41) is 4.20. The van der Waals surface area contributed by atoms with E-state index in [1.165, 1.54) is 5.56 Å². The highest BCUT2D eigenvalue weighted by Gasteiger charge is 2.05. The highest BCUT2D eigenvalue weighted by atomic mass is 16.2. The highest BCUT2D eigenvalue weighted by molar-refractivity contribution is 6.00. The van der Waals surface area contributed by atoms with Crippen molar-refractivity contribution in [2.45, 2.75) is 27.2 Å². The van der Waals surface area contributed by atoms with Gasteiger partial charge in [0.05, 0.1) is 12.1 Å². The maximum absolute atomic E-state index is 11.9. The second kappa shape index (κ2) is 6.84. The first-order chi connectivity index (χ1) is 10.1. The van der Waals surface area contributed by atoms with Crippen LogP contribution >= 0.6 is 0 Å². The second-order valence-corrected chi connectivity index (χ2v) is 5.21. The van der Waals surface area contributed by atoms with Crippen molar-refractivity contribution >= 4 is 11.6 Å². The molecule has 2 aromatic carbocycles. The number of amides is 1. The second-order valence-electron chi connectivity index (χ2n) is 5.21. The Morgan fingerprint density at radius 3 is 2.48 bits per heavy atom. The van der Waals surface area contributed by atoms with Crippen molar-refractivity contribution in [2.24, 2.45) is 5.10 Å². The summed E-state index contributed by atoms with van der Waals surface area (Å²) in [6, 6.07) is 15.8. The van der Waals surface area contributed by atoms with Crippen LogP contribution in [0.1, 0.15) is 29.2 Å². The van der Waals surface area contributed by atoms with Gasteiger partial charge in [0.25, 0.3) is 0 Å². The summed E-state index contributed by atoms with van der Waals surface area (Å²) in [5.41, 5.74) is 7.85. The van der Waals surface area contributed by atoms with Crippen LogP contribution in [0.2, 0.25) is 0 Å². The molecule has 2 rings (SSSR count). The Kier molecular flexibility index (Phi) is 4.88. The Bertz CT molecular complexity index is 660. The number of nitrogens with zero attached hydrogens (tertiary/aromatic N) is 1. The first kappa shape index (κ1) is 15.0. The number of hydrogen-bond donors (Lipinski definition) is 1.